The smallest absolute Gasteiger partial charge is 0.261 e. The van der Waals surface area contributed by atoms with Crippen LogP contribution in [0.5, 0.6) is 0 Å². The van der Waals surface area contributed by atoms with Crippen molar-refractivity contribution in [3.8, 4) is 0 Å². The van der Waals surface area contributed by atoms with Gasteiger partial charge < -0.3 is 14.7 Å². The first-order valence-corrected chi connectivity index (χ1v) is 12.5. The zero-order valence-electron chi connectivity index (χ0n) is 19.5. The molecule has 0 bridgehead atoms. The summed E-state index contributed by atoms with van der Waals surface area (Å²) < 4.78 is 5.66. The van der Waals surface area contributed by atoms with Crippen molar-refractivity contribution >= 4 is 34.2 Å². The van der Waals surface area contributed by atoms with Crippen LogP contribution in [-0.4, -0.2) is 65.6 Å². The average Bonchev–Trinajstić information content (AvgIpc) is 2.87. The number of likely N-dealkylation sites (tertiary alicyclic amines) is 1. The minimum Gasteiger partial charge on any atom is -0.389 e. The highest BCUT2D eigenvalue weighted by Gasteiger charge is 2.34. The summed E-state index contributed by atoms with van der Waals surface area (Å²) in [6.07, 6.45) is 1.18. The summed E-state index contributed by atoms with van der Waals surface area (Å²) in [6.45, 7) is 3.32. The number of benzene rings is 3. The molecule has 3 aromatic rings. The van der Waals surface area contributed by atoms with Gasteiger partial charge in [0, 0.05) is 34.6 Å². The number of aliphatic hydroxyl groups excluding tert-OH is 1. The average molecular weight is 493 g/mol. The molecular formula is C28H29ClN2O4. The lowest BCUT2D eigenvalue weighted by Gasteiger charge is -2.36. The summed E-state index contributed by atoms with van der Waals surface area (Å²) >= 11 is 5.90. The third kappa shape index (κ3) is 5.26. The molecule has 0 spiro atoms. The fraction of sp³-hybridized carbons (Fsp3) is 0.357. The molecule has 0 aromatic heterocycles. The summed E-state index contributed by atoms with van der Waals surface area (Å²) in [5.74, 6) is -0.146. The molecule has 35 heavy (non-hydrogen) atoms. The highest BCUT2D eigenvalue weighted by atomic mass is 35.5. The van der Waals surface area contributed by atoms with E-state index in [4.69, 9.17) is 16.3 Å². The van der Waals surface area contributed by atoms with Crippen molar-refractivity contribution in [3.63, 3.8) is 0 Å². The predicted octanol–water partition coefficient (Wildman–Crippen LogP) is 4.38. The zero-order valence-corrected chi connectivity index (χ0v) is 20.3. The molecule has 1 saturated heterocycles. The van der Waals surface area contributed by atoms with Crippen LogP contribution < -0.4 is 0 Å². The van der Waals surface area contributed by atoms with E-state index in [1.54, 1.807) is 0 Å². The Bertz CT molecular complexity index is 1170. The van der Waals surface area contributed by atoms with Crippen LogP contribution in [0.2, 0.25) is 5.02 Å². The Morgan fingerprint density at radius 1 is 0.943 bits per heavy atom. The van der Waals surface area contributed by atoms with Crippen LogP contribution in [0.4, 0.5) is 0 Å². The molecule has 7 heteroatoms. The van der Waals surface area contributed by atoms with E-state index in [-0.39, 0.29) is 24.3 Å². The number of β-amino-alcohol motifs (C(OH)–C–C–N with tert-alkyl or cyclic N) is 1. The number of rotatable bonds is 8. The number of nitrogens with zero attached hydrogens (tertiary/aromatic N) is 2. The standard InChI is InChI=1S/C28H29ClN2O4/c29-22-9-7-20(8-10-22)17-35-18-23(32)16-30-13-11-19(12-14-30)15-31-27(33)24-5-1-3-21-4-2-6-25(26(21)24)28(31)34/h1-10,19,23,32H,11-18H2. The third-order valence-corrected chi connectivity index (χ3v) is 7.22. The molecule has 2 aliphatic heterocycles. The molecule has 5 rings (SSSR count). The highest BCUT2D eigenvalue weighted by Crippen LogP contribution is 2.31. The Morgan fingerprint density at radius 3 is 2.20 bits per heavy atom. The summed E-state index contributed by atoms with van der Waals surface area (Å²) in [6, 6.07) is 18.7. The molecule has 0 radical (unpaired) electrons. The maximum atomic E-state index is 13.2. The molecule has 2 amide bonds. The summed E-state index contributed by atoms with van der Waals surface area (Å²) in [7, 11) is 0. The number of piperidine rings is 1. The minimum atomic E-state index is -0.568. The van der Waals surface area contributed by atoms with Crippen molar-refractivity contribution in [1.29, 1.82) is 0 Å². The van der Waals surface area contributed by atoms with Gasteiger partial charge in [0.2, 0.25) is 0 Å². The monoisotopic (exact) mass is 492 g/mol. The second kappa shape index (κ2) is 10.5. The minimum absolute atomic E-state index is 0.199. The predicted molar refractivity (Wildman–Crippen MR) is 136 cm³/mol. The number of aliphatic hydroxyl groups is 1. The Morgan fingerprint density at radius 2 is 1.57 bits per heavy atom. The molecule has 182 valence electrons. The van der Waals surface area contributed by atoms with E-state index in [2.05, 4.69) is 4.90 Å². The van der Waals surface area contributed by atoms with Gasteiger partial charge in [0.25, 0.3) is 11.8 Å². The summed E-state index contributed by atoms with van der Waals surface area (Å²) in [4.78, 5) is 30.0. The zero-order chi connectivity index (χ0) is 24.4. The van der Waals surface area contributed by atoms with Crippen molar-refractivity contribution in [3.05, 3.63) is 82.4 Å². The number of imide groups is 1. The van der Waals surface area contributed by atoms with E-state index in [1.165, 1.54) is 4.90 Å². The van der Waals surface area contributed by atoms with Crippen molar-refractivity contribution in [2.45, 2.75) is 25.6 Å². The largest absolute Gasteiger partial charge is 0.389 e. The molecular weight excluding hydrogens is 464 g/mol. The van der Waals surface area contributed by atoms with E-state index in [0.717, 1.165) is 42.3 Å². The normalized spacial score (nSPS) is 17.8. The van der Waals surface area contributed by atoms with Crippen molar-refractivity contribution < 1.29 is 19.4 Å². The van der Waals surface area contributed by atoms with E-state index < -0.39 is 6.10 Å². The molecule has 6 nitrogen and oxygen atoms in total. The van der Waals surface area contributed by atoms with E-state index in [9.17, 15) is 14.7 Å². The molecule has 0 aliphatic carbocycles. The highest BCUT2D eigenvalue weighted by molar-refractivity contribution is 6.30. The van der Waals surface area contributed by atoms with E-state index >= 15 is 0 Å². The van der Waals surface area contributed by atoms with E-state index in [1.807, 2.05) is 60.7 Å². The van der Waals surface area contributed by atoms with Crippen LogP contribution in [-0.2, 0) is 11.3 Å². The summed E-state index contributed by atoms with van der Waals surface area (Å²) in [5, 5.41) is 12.8. The fourth-order valence-electron chi connectivity index (χ4n) is 5.10. The lowest BCUT2D eigenvalue weighted by Crippen LogP contribution is -2.46. The van der Waals surface area contributed by atoms with Gasteiger partial charge in [-0.2, -0.15) is 0 Å². The number of amides is 2. The number of carbonyl (C=O) groups excluding carboxylic acids is 2. The molecule has 1 unspecified atom stereocenters. The van der Waals surface area contributed by atoms with Crippen LogP contribution in [0.1, 0.15) is 39.1 Å². The fourth-order valence-corrected chi connectivity index (χ4v) is 5.23. The second-order valence-electron chi connectivity index (χ2n) is 9.47. The van der Waals surface area contributed by atoms with Gasteiger partial charge in [-0.15, -0.1) is 0 Å². The van der Waals surface area contributed by atoms with Crippen LogP contribution in [0, 0.1) is 5.92 Å². The lowest BCUT2D eigenvalue weighted by atomic mass is 9.91. The van der Waals surface area contributed by atoms with Crippen molar-refractivity contribution in [2.75, 3.05) is 32.8 Å². The van der Waals surface area contributed by atoms with Crippen LogP contribution >= 0.6 is 11.6 Å². The Balaban J connectivity index is 1.10. The van der Waals surface area contributed by atoms with Crippen molar-refractivity contribution in [2.24, 2.45) is 5.92 Å². The van der Waals surface area contributed by atoms with Gasteiger partial charge in [-0.25, -0.2) is 0 Å². The summed E-state index contributed by atoms with van der Waals surface area (Å²) in [5.41, 5.74) is 2.23. The molecule has 1 N–H and O–H groups in total. The molecule has 2 heterocycles. The number of ether oxygens (including phenoxy) is 1. The third-order valence-electron chi connectivity index (χ3n) is 6.96. The van der Waals surface area contributed by atoms with Crippen LogP contribution in [0.3, 0.4) is 0 Å². The number of carbonyl (C=O) groups is 2. The SMILES string of the molecule is O=C1c2cccc3cccc(c23)C(=O)N1CC1CCN(CC(O)COCc2ccc(Cl)cc2)CC1. The topological polar surface area (TPSA) is 70.1 Å². The first kappa shape index (κ1) is 23.9. The lowest BCUT2D eigenvalue weighted by molar-refractivity contribution is 0.00360. The maximum absolute atomic E-state index is 13.2. The first-order chi connectivity index (χ1) is 17.0. The first-order valence-electron chi connectivity index (χ1n) is 12.1. The maximum Gasteiger partial charge on any atom is 0.261 e. The van der Waals surface area contributed by atoms with Gasteiger partial charge in [0.15, 0.2) is 0 Å². The second-order valence-corrected chi connectivity index (χ2v) is 9.91. The van der Waals surface area contributed by atoms with Crippen LogP contribution in [0.15, 0.2) is 60.7 Å². The molecule has 1 fully saturated rings. The van der Waals surface area contributed by atoms with Crippen LogP contribution in [0.25, 0.3) is 10.8 Å². The number of hydrogen-bond acceptors (Lipinski definition) is 5. The van der Waals surface area contributed by atoms with Gasteiger partial charge in [-0.3, -0.25) is 14.5 Å². The molecule has 1 atom stereocenters. The number of hydrogen-bond donors (Lipinski definition) is 1. The van der Waals surface area contributed by atoms with Crippen molar-refractivity contribution in [1.82, 2.24) is 9.80 Å². The molecule has 0 saturated carbocycles. The number of halogens is 1. The Hall–Kier alpha value is -2.77. The Kier molecular flexibility index (Phi) is 7.16. The molecule has 2 aliphatic rings. The quantitative estimate of drug-likeness (QED) is 0.472. The van der Waals surface area contributed by atoms with Gasteiger partial charge in [-0.1, -0.05) is 48.0 Å². The van der Waals surface area contributed by atoms with Gasteiger partial charge in [-0.05, 0) is 67.1 Å². The Labute approximate surface area is 210 Å². The van der Waals surface area contributed by atoms with E-state index in [0.29, 0.717) is 35.8 Å². The van der Waals surface area contributed by atoms with Gasteiger partial charge in [0.1, 0.15) is 0 Å². The van der Waals surface area contributed by atoms with Gasteiger partial charge in [0.05, 0.1) is 19.3 Å². The molecule has 3 aromatic carbocycles. The van der Waals surface area contributed by atoms with Gasteiger partial charge >= 0.3 is 0 Å².